The van der Waals surface area contributed by atoms with Crippen LogP contribution in [0.1, 0.15) is 61.0 Å². The van der Waals surface area contributed by atoms with E-state index in [1.54, 1.807) is 0 Å². The molecule has 0 fully saturated rings. The summed E-state index contributed by atoms with van der Waals surface area (Å²) < 4.78 is 12.1. The SMILES string of the molecule is CC(C)(C)Oc1cccc(C(C)(C)OC(C)(C)C)c1. The lowest BCUT2D eigenvalue weighted by atomic mass is 9.96. The summed E-state index contributed by atoms with van der Waals surface area (Å²) in [4.78, 5) is 0. The van der Waals surface area contributed by atoms with Gasteiger partial charge in [0.25, 0.3) is 0 Å². The van der Waals surface area contributed by atoms with Gasteiger partial charge in [0.1, 0.15) is 11.4 Å². The first-order valence-electron chi connectivity index (χ1n) is 6.89. The predicted molar refractivity (Wildman–Crippen MR) is 80.7 cm³/mol. The lowest BCUT2D eigenvalue weighted by Crippen LogP contribution is -2.33. The van der Waals surface area contributed by atoms with Gasteiger partial charge in [-0.3, -0.25) is 0 Å². The van der Waals surface area contributed by atoms with E-state index in [9.17, 15) is 0 Å². The van der Waals surface area contributed by atoms with Crippen LogP contribution in [0.3, 0.4) is 0 Å². The van der Waals surface area contributed by atoms with E-state index >= 15 is 0 Å². The van der Waals surface area contributed by atoms with Gasteiger partial charge in [0.2, 0.25) is 0 Å². The van der Waals surface area contributed by atoms with E-state index in [0.717, 1.165) is 11.3 Å². The van der Waals surface area contributed by atoms with Gasteiger partial charge in [-0.25, -0.2) is 0 Å². The molecule has 19 heavy (non-hydrogen) atoms. The molecule has 0 heterocycles. The zero-order valence-electron chi connectivity index (χ0n) is 13.6. The fraction of sp³-hybridized carbons (Fsp3) is 0.647. The van der Waals surface area contributed by atoms with Crippen LogP contribution in [0.5, 0.6) is 5.75 Å². The standard InChI is InChI=1S/C17H28O2/c1-15(2,3)18-14-11-9-10-13(12-14)17(7,8)19-16(4,5)6/h9-12H,1-8H3. The van der Waals surface area contributed by atoms with E-state index in [2.05, 4.69) is 67.5 Å². The van der Waals surface area contributed by atoms with Crippen LogP contribution < -0.4 is 4.74 Å². The van der Waals surface area contributed by atoms with Gasteiger partial charge >= 0.3 is 0 Å². The summed E-state index contributed by atoms with van der Waals surface area (Å²) in [6.45, 7) is 16.6. The topological polar surface area (TPSA) is 18.5 Å². The van der Waals surface area contributed by atoms with Gasteiger partial charge in [0.05, 0.1) is 11.2 Å². The maximum absolute atomic E-state index is 6.14. The molecule has 0 spiro atoms. The minimum atomic E-state index is -0.338. The molecule has 0 bridgehead atoms. The Hall–Kier alpha value is -1.02. The highest BCUT2D eigenvalue weighted by atomic mass is 16.5. The number of hydrogen-bond donors (Lipinski definition) is 0. The van der Waals surface area contributed by atoms with E-state index in [1.165, 1.54) is 0 Å². The summed E-state index contributed by atoms with van der Waals surface area (Å²) in [6.07, 6.45) is 0. The zero-order valence-corrected chi connectivity index (χ0v) is 13.6. The van der Waals surface area contributed by atoms with Crippen LogP contribution in [0.15, 0.2) is 24.3 Å². The first kappa shape index (κ1) is 16.0. The molecule has 0 radical (unpaired) electrons. The minimum absolute atomic E-state index is 0.176. The van der Waals surface area contributed by atoms with Gasteiger partial charge in [0, 0.05) is 0 Å². The number of benzene rings is 1. The van der Waals surface area contributed by atoms with Crippen LogP contribution in [0.25, 0.3) is 0 Å². The molecule has 0 amide bonds. The maximum atomic E-state index is 6.14. The molecule has 0 saturated carbocycles. The van der Waals surface area contributed by atoms with Crippen LogP contribution in [0, 0.1) is 0 Å². The zero-order chi connectivity index (χ0) is 14.9. The van der Waals surface area contributed by atoms with E-state index in [4.69, 9.17) is 9.47 Å². The average molecular weight is 264 g/mol. The Morgan fingerprint density at radius 1 is 0.789 bits per heavy atom. The smallest absolute Gasteiger partial charge is 0.120 e. The van der Waals surface area contributed by atoms with E-state index in [0.29, 0.717) is 0 Å². The Balaban J connectivity index is 2.98. The average Bonchev–Trinajstić information content (AvgIpc) is 2.11. The van der Waals surface area contributed by atoms with Gasteiger partial charge in [-0.2, -0.15) is 0 Å². The van der Waals surface area contributed by atoms with Crippen molar-refractivity contribution < 1.29 is 9.47 Å². The van der Waals surface area contributed by atoms with Gasteiger partial charge in [0.15, 0.2) is 0 Å². The minimum Gasteiger partial charge on any atom is -0.488 e. The van der Waals surface area contributed by atoms with Crippen molar-refractivity contribution in [3.05, 3.63) is 29.8 Å². The van der Waals surface area contributed by atoms with Crippen LogP contribution in [0.2, 0.25) is 0 Å². The molecule has 0 aromatic heterocycles. The first-order valence-corrected chi connectivity index (χ1v) is 6.89. The van der Waals surface area contributed by atoms with E-state index < -0.39 is 0 Å². The highest BCUT2D eigenvalue weighted by Crippen LogP contribution is 2.32. The second-order valence-electron chi connectivity index (χ2n) is 7.47. The summed E-state index contributed by atoms with van der Waals surface area (Å²) in [5.74, 6) is 0.885. The molecular formula is C17H28O2. The molecule has 2 heteroatoms. The molecule has 0 aliphatic heterocycles. The van der Waals surface area contributed by atoms with Crippen molar-refractivity contribution in [2.45, 2.75) is 72.2 Å². The number of rotatable bonds is 3. The molecule has 2 nitrogen and oxygen atoms in total. The van der Waals surface area contributed by atoms with Crippen LogP contribution in [-0.4, -0.2) is 11.2 Å². The largest absolute Gasteiger partial charge is 0.488 e. The Morgan fingerprint density at radius 2 is 1.37 bits per heavy atom. The molecule has 1 aromatic rings. The first-order chi connectivity index (χ1) is 8.39. The maximum Gasteiger partial charge on any atom is 0.120 e. The van der Waals surface area contributed by atoms with Crippen LogP contribution in [-0.2, 0) is 10.3 Å². The van der Waals surface area contributed by atoms with Crippen LogP contribution in [0.4, 0.5) is 0 Å². The van der Waals surface area contributed by atoms with Crippen LogP contribution >= 0.6 is 0 Å². The lowest BCUT2D eigenvalue weighted by molar-refractivity contribution is -0.117. The van der Waals surface area contributed by atoms with E-state index in [1.807, 2.05) is 12.1 Å². The van der Waals surface area contributed by atoms with Crippen molar-refractivity contribution in [1.29, 1.82) is 0 Å². The fourth-order valence-corrected chi connectivity index (χ4v) is 2.11. The summed E-state index contributed by atoms with van der Waals surface area (Å²) in [7, 11) is 0. The third-order valence-corrected chi connectivity index (χ3v) is 2.51. The molecule has 108 valence electrons. The molecule has 0 saturated heterocycles. The van der Waals surface area contributed by atoms with Gasteiger partial charge in [-0.1, -0.05) is 12.1 Å². The lowest BCUT2D eigenvalue weighted by Gasteiger charge is -2.34. The molecule has 0 aliphatic carbocycles. The van der Waals surface area contributed by atoms with Gasteiger partial charge < -0.3 is 9.47 Å². The van der Waals surface area contributed by atoms with Gasteiger partial charge in [-0.15, -0.1) is 0 Å². The molecule has 0 atom stereocenters. The second kappa shape index (κ2) is 5.16. The normalized spacial score (nSPS) is 13.5. The second-order valence-corrected chi connectivity index (χ2v) is 7.47. The third kappa shape index (κ3) is 5.65. The van der Waals surface area contributed by atoms with Crippen molar-refractivity contribution in [3.8, 4) is 5.75 Å². The Labute approximate surface area is 118 Å². The summed E-state index contributed by atoms with van der Waals surface area (Å²) in [6, 6.07) is 8.16. The molecule has 0 N–H and O–H groups in total. The third-order valence-electron chi connectivity index (χ3n) is 2.51. The molecule has 1 aromatic carbocycles. The van der Waals surface area contributed by atoms with Crippen molar-refractivity contribution in [1.82, 2.24) is 0 Å². The number of hydrogen-bond acceptors (Lipinski definition) is 2. The van der Waals surface area contributed by atoms with Crippen molar-refractivity contribution in [2.75, 3.05) is 0 Å². The van der Waals surface area contributed by atoms with Crippen molar-refractivity contribution in [3.63, 3.8) is 0 Å². The Kier molecular flexibility index (Phi) is 4.36. The van der Waals surface area contributed by atoms with Crippen molar-refractivity contribution >= 4 is 0 Å². The fourth-order valence-electron chi connectivity index (χ4n) is 2.11. The molecule has 1 rings (SSSR count). The monoisotopic (exact) mass is 264 g/mol. The highest BCUT2D eigenvalue weighted by Gasteiger charge is 2.28. The summed E-state index contributed by atoms with van der Waals surface area (Å²) in [5.41, 5.74) is 0.428. The van der Waals surface area contributed by atoms with E-state index in [-0.39, 0.29) is 16.8 Å². The summed E-state index contributed by atoms with van der Waals surface area (Å²) >= 11 is 0. The molecular weight excluding hydrogens is 236 g/mol. The molecule has 0 aliphatic rings. The Bertz CT molecular complexity index is 420. The summed E-state index contributed by atoms with van der Waals surface area (Å²) in [5, 5.41) is 0. The Morgan fingerprint density at radius 3 is 1.84 bits per heavy atom. The quantitative estimate of drug-likeness (QED) is 0.772. The highest BCUT2D eigenvalue weighted by molar-refractivity contribution is 5.32. The number of ether oxygens (including phenoxy) is 2. The van der Waals surface area contributed by atoms with Gasteiger partial charge in [-0.05, 0) is 73.1 Å². The predicted octanol–water partition coefficient (Wildman–Crippen LogP) is 4.91. The molecule has 0 unspecified atom stereocenters. The van der Waals surface area contributed by atoms with Crippen molar-refractivity contribution in [2.24, 2.45) is 0 Å².